The number of nitrogens with zero attached hydrogens (tertiary/aromatic N) is 2. The minimum atomic E-state index is -0.645. The van der Waals surface area contributed by atoms with Crippen molar-refractivity contribution in [1.29, 1.82) is 0 Å². The first-order valence-corrected chi connectivity index (χ1v) is 5.59. The Morgan fingerprint density at radius 2 is 1.67 bits per heavy atom. The van der Waals surface area contributed by atoms with Gasteiger partial charge in [0.15, 0.2) is 0 Å². The van der Waals surface area contributed by atoms with Crippen molar-refractivity contribution in [2.45, 2.75) is 13.8 Å². The van der Waals surface area contributed by atoms with Gasteiger partial charge in [-0.2, -0.15) is 0 Å². The minimum absolute atomic E-state index is 0.109. The van der Waals surface area contributed by atoms with E-state index in [0.29, 0.717) is 13.1 Å². The zero-order chi connectivity index (χ0) is 13.7. The van der Waals surface area contributed by atoms with E-state index in [2.05, 4.69) is 0 Å². The van der Waals surface area contributed by atoms with E-state index >= 15 is 0 Å². The normalized spacial score (nSPS) is 9.89. The lowest BCUT2D eigenvalue weighted by Gasteiger charge is -2.17. The highest BCUT2D eigenvalue weighted by Crippen LogP contribution is 2.13. The number of Topliss-reactive ketones (excluding diaryl/α,β-unsaturated/α-hetero) is 1. The fraction of sp³-hybridized carbons (Fsp3) is 0.333. The van der Waals surface area contributed by atoms with Gasteiger partial charge in [0.2, 0.25) is 5.78 Å². The van der Waals surface area contributed by atoms with Crippen LogP contribution in [-0.2, 0) is 4.79 Å². The Morgan fingerprint density at radius 3 is 2.06 bits per heavy atom. The molecule has 0 radical (unpaired) electrons. The molecule has 1 aromatic carbocycles. The third-order valence-corrected chi connectivity index (χ3v) is 2.59. The highest BCUT2D eigenvalue weighted by molar-refractivity contribution is 6.42. The van der Waals surface area contributed by atoms with Gasteiger partial charge in [0, 0.05) is 30.8 Å². The summed E-state index contributed by atoms with van der Waals surface area (Å²) < 4.78 is 0. The third kappa shape index (κ3) is 2.91. The predicted octanol–water partition coefficient (Wildman–Crippen LogP) is 1.65. The van der Waals surface area contributed by atoms with Crippen molar-refractivity contribution in [1.82, 2.24) is 4.90 Å². The number of hydrogen-bond donors (Lipinski definition) is 0. The van der Waals surface area contributed by atoms with Crippen molar-refractivity contribution in [3.8, 4) is 0 Å². The van der Waals surface area contributed by atoms with Crippen molar-refractivity contribution in [2.24, 2.45) is 0 Å². The molecular formula is C12H14N2O4. The number of benzene rings is 1. The van der Waals surface area contributed by atoms with Crippen LogP contribution in [0.3, 0.4) is 0 Å². The van der Waals surface area contributed by atoms with Gasteiger partial charge < -0.3 is 4.90 Å². The average molecular weight is 250 g/mol. The summed E-state index contributed by atoms with van der Waals surface area (Å²) in [6, 6.07) is 5.01. The number of carbonyl (C=O) groups is 2. The first-order chi connectivity index (χ1) is 8.51. The number of likely N-dealkylation sites (N-methyl/N-ethyl adjacent to an activating group) is 1. The first-order valence-electron chi connectivity index (χ1n) is 5.59. The van der Waals surface area contributed by atoms with Crippen LogP contribution < -0.4 is 0 Å². The summed E-state index contributed by atoms with van der Waals surface area (Å²) in [4.78, 5) is 34.9. The Bertz CT molecular complexity index is 463. The summed E-state index contributed by atoms with van der Waals surface area (Å²) in [6.07, 6.45) is 0. The van der Waals surface area contributed by atoms with Crippen LogP contribution in [-0.4, -0.2) is 34.6 Å². The van der Waals surface area contributed by atoms with Crippen LogP contribution in [0.4, 0.5) is 5.69 Å². The van der Waals surface area contributed by atoms with Gasteiger partial charge in [-0.25, -0.2) is 0 Å². The quantitative estimate of drug-likeness (QED) is 0.344. The molecule has 0 saturated carbocycles. The number of hydrogen-bond acceptors (Lipinski definition) is 4. The van der Waals surface area contributed by atoms with Gasteiger partial charge in [0.1, 0.15) is 0 Å². The van der Waals surface area contributed by atoms with Crippen LogP contribution >= 0.6 is 0 Å². The molecule has 0 aromatic heterocycles. The smallest absolute Gasteiger partial charge is 0.294 e. The largest absolute Gasteiger partial charge is 0.336 e. The molecule has 0 N–H and O–H groups in total. The second-order valence-corrected chi connectivity index (χ2v) is 3.61. The monoisotopic (exact) mass is 250 g/mol. The van der Waals surface area contributed by atoms with Crippen LogP contribution in [0.1, 0.15) is 24.2 Å². The molecule has 0 heterocycles. The second kappa shape index (κ2) is 5.90. The highest BCUT2D eigenvalue weighted by Gasteiger charge is 2.21. The van der Waals surface area contributed by atoms with E-state index in [1.165, 1.54) is 29.2 Å². The summed E-state index contributed by atoms with van der Waals surface area (Å²) in [5, 5.41) is 10.5. The molecule has 0 saturated heterocycles. The summed E-state index contributed by atoms with van der Waals surface area (Å²) in [5.41, 5.74) is 0.0549. The number of amides is 1. The Balaban J connectivity index is 2.90. The van der Waals surface area contributed by atoms with Crippen LogP contribution in [0, 0.1) is 10.1 Å². The van der Waals surface area contributed by atoms with E-state index in [1.807, 2.05) is 0 Å². The fourth-order valence-corrected chi connectivity index (χ4v) is 1.51. The topological polar surface area (TPSA) is 80.5 Å². The SMILES string of the molecule is CCN(CC)C(=O)C(=O)c1ccc([N+](=O)[O-])cc1. The molecule has 6 nitrogen and oxygen atoms in total. The van der Waals surface area contributed by atoms with Crippen molar-refractivity contribution >= 4 is 17.4 Å². The maximum absolute atomic E-state index is 11.8. The van der Waals surface area contributed by atoms with Gasteiger partial charge in [0.25, 0.3) is 11.6 Å². The number of rotatable bonds is 5. The summed E-state index contributed by atoms with van der Waals surface area (Å²) in [6.45, 7) is 4.47. The molecule has 0 atom stereocenters. The maximum atomic E-state index is 11.8. The van der Waals surface area contributed by atoms with E-state index in [1.54, 1.807) is 13.8 Å². The van der Waals surface area contributed by atoms with Crippen LogP contribution in [0.15, 0.2) is 24.3 Å². The van der Waals surface area contributed by atoms with Gasteiger partial charge >= 0.3 is 0 Å². The van der Waals surface area contributed by atoms with Crippen LogP contribution in [0.2, 0.25) is 0 Å². The summed E-state index contributed by atoms with van der Waals surface area (Å²) >= 11 is 0. The Morgan fingerprint density at radius 1 is 1.17 bits per heavy atom. The van der Waals surface area contributed by atoms with Gasteiger partial charge in [-0.05, 0) is 26.0 Å². The number of ketones is 1. The summed E-state index contributed by atoms with van der Waals surface area (Å²) in [5.74, 6) is -1.23. The lowest BCUT2D eigenvalue weighted by atomic mass is 10.1. The first kappa shape index (κ1) is 13.8. The minimum Gasteiger partial charge on any atom is -0.336 e. The van der Waals surface area contributed by atoms with E-state index in [-0.39, 0.29) is 11.3 Å². The molecule has 0 aliphatic heterocycles. The molecule has 1 rings (SSSR count). The molecule has 6 heteroatoms. The molecule has 1 amide bonds. The Labute approximate surface area is 104 Å². The second-order valence-electron chi connectivity index (χ2n) is 3.61. The van der Waals surface area contributed by atoms with Crippen molar-refractivity contribution < 1.29 is 14.5 Å². The standard InChI is InChI=1S/C12H14N2O4/c1-3-13(4-2)12(16)11(15)9-5-7-10(8-6-9)14(17)18/h5-8H,3-4H2,1-2H3. The molecule has 1 aromatic rings. The number of carbonyl (C=O) groups excluding carboxylic acids is 2. The lowest BCUT2D eigenvalue weighted by molar-refractivity contribution is -0.384. The maximum Gasteiger partial charge on any atom is 0.294 e. The zero-order valence-corrected chi connectivity index (χ0v) is 10.3. The molecular weight excluding hydrogens is 236 g/mol. The van der Waals surface area contributed by atoms with Crippen molar-refractivity contribution in [3.63, 3.8) is 0 Å². The van der Waals surface area contributed by atoms with Crippen LogP contribution in [0.5, 0.6) is 0 Å². The Kier molecular flexibility index (Phi) is 4.53. The van der Waals surface area contributed by atoms with E-state index in [0.717, 1.165) is 0 Å². The summed E-state index contributed by atoms with van der Waals surface area (Å²) in [7, 11) is 0. The van der Waals surface area contributed by atoms with E-state index < -0.39 is 16.6 Å². The third-order valence-electron chi connectivity index (χ3n) is 2.59. The molecule has 96 valence electrons. The van der Waals surface area contributed by atoms with E-state index in [9.17, 15) is 19.7 Å². The molecule has 18 heavy (non-hydrogen) atoms. The van der Waals surface area contributed by atoms with Gasteiger partial charge in [0.05, 0.1) is 4.92 Å². The molecule has 0 spiro atoms. The predicted molar refractivity (Wildman–Crippen MR) is 65.4 cm³/mol. The molecule has 0 bridgehead atoms. The van der Waals surface area contributed by atoms with Gasteiger partial charge in [-0.15, -0.1) is 0 Å². The average Bonchev–Trinajstić information content (AvgIpc) is 2.39. The van der Waals surface area contributed by atoms with Crippen molar-refractivity contribution in [2.75, 3.05) is 13.1 Å². The molecule has 0 fully saturated rings. The van der Waals surface area contributed by atoms with Crippen LogP contribution in [0.25, 0.3) is 0 Å². The van der Waals surface area contributed by atoms with E-state index in [4.69, 9.17) is 0 Å². The molecule has 0 aliphatic rings. The highest BCUT2D eigenvalue weighted by atomic mass is 16.6. The van der Waals surface area contributed by atoms with Gasteiger partial charge in [-0.1, -0.05) is 0 Å². The fourth-order valence-electron chi connectivity index (χ4n) is 1.51. The Hall–Kier alpha value is -2.24. The molecule has 0 unspecified atom stereocenters. The number of non-ortho nitro benzene ring substituents is 1. The lowest BCUT2D eigenvalue weighted by Crippen LogP contribution is -2.36. The number of nitro benzene ring substituents is 1. The van der Waals surface area contributed by atoms with Crippen molar-refractivity contribution in [3.05, 3.63) is 39.9 Å². The molecule has 0 aliphatic carbocycles. The van der Waals surface area contributed by atoms with Gasteiger partial charge in [-0.3, -0.25) is 19.7 Å². The number of nitro groups is 1. The zero-order valence-electron chi connectivity index (χ0n) is 10.3.